The summed E-state index contributed by atoms with van der Waals surface area (Å²) in [5.74, 6) is -0.146. The van der Waals surface area contributed by atoms with Gasteiger partial charge in [0.2, 0.25) is 5.56 Å². The molecule has 130 valence electrons. The van der Waals surface area contributed by atoms with Crippen LogP contribution in [-0.4, -0.2) is 21.9 Å². The van der Waals surface area contributed by atoms with Gasteiger partial charge in [0.15, 0.2) is 0 Å². The zero-order valence-electron chi connectivity index (χ0n) is 13.6. The quantitative estimate of drug-likeness (QED) is 0.558. The van der Waals surface area contributed by atoms with E-state index in [1.54, 1.807) is 0 Å². The van der Waals surface area contributed by atoms with E-state index in [4.69, 9.17) is 0 Å². The summed E-state index contributed by atoms with van der Waals surface area (Å²) in [6.45, 7) is 0. The summed E-state index contributed by atoms with van der Waals surface area (Å²) in [6, 6.07) is 15.1. The van der Waals surface area contributed by atoms with Crippen molar-refractivity contribution in [2.75, 3.05) is 0 Å². The number of H-pyrrole nitrogens is 1. The number of aromatic amines is 1. The molecule has 1 aliphatic rings. The van der Waals surface area contributed by atoms with E-state index in [9.17, 15) is 19.7 Å². The fourth-order valence-corrected chi connectivity index (χ4v) is 3.21. The standard InChI is InChI=1S/C19H15N3O4/c23-18-10-15(14-8-12(22(25)26)6-7-16(14)20-18)19(24)21-17-9-13(17)11-4-2-1-3-5-11/h1-8,10,13,17H,9H2,(H,20,23)(H,21,24)/t13-,17+/m0/s1. The molecule has 1 fully saturated rings. The summed E-state index contributed by atoms with van der Waals surface area (Å²) in [6.07, 6.45) is 0.830. The van der Waals surface area contributed by atoms with Crippen LogP contribution < -0.4 is 10.9 Å². The minimum atomic E-state index is -0.529. The van der Waals surface area contributed by atoms with Crippen LogP contribution in [0.15, 0.2) is 59.4 Å². The predicted octanol–water partition coefficient (Wildman–Crippen LogP) is 2.72. The highest BCUT2D eigenvalue weighted by Gasteiger charge is 2.39. The third-order valence-corrected chi connectivity index (χ3v) is 4.62. The van der Waals surface area contributed by atoms with Gasteiger partial charge in [0.1, 0.15) is 0 Å². The van der Waals surface area contributed by atoms with Crippen LogP contribution in [0, 0.1) is 10.1 Å². The molecule has 0 bridgehead atoms. The van der Waals surface area contributed by atoms with Gasteiger partial charge in [0.05, 0.1) is 10.5 Å². The molecule has 0 unspecified atom stereocenters. The normalized spacial score (nSPS) is 18.5. The second-order valence-electron chi connectivity index (χ2n) is 6.37. The van der Waals surface area contributed by atoms with E-state index in [1.807, 2.05) is 30.3 Å². The van der Waals surface area contributed by atoms with E-state index in [-0.39, 0.29) is 23.2 Å². The number of nitrogens with zero attached hydrogens (tertiary/aromatic N) is 1. The fourth-order valence-electron chi connectivity index (χ4n) is 3.21. The van der Waals surface area contributed by atoms with Gasteiger partial charge < -0.3 is 10.3 Å². The van der Waals surface area contributed by atoms with Crippen LogP contribution in [0.4, 0.5) is 5.69 Å². The molecule has 7 heteroatoms. The predicted molar refractivity (Wildman–Crippen MR) is 96.3 cm³/mol. The van der Waals surface area contributed by atoms with Crippen molar-refractivity contribution in [3.05, 3.63) is 86.2 Å². The van der Waals surface area contributed by atoms with E-state index in [0.717, 1.165) is 12.0 Å². The minimum absolute atomic E-state index is 0.00191. The molecule has 1 saturated carbocycles. The largest absolute Gasteiger partial charge is 0.349 e. The van der Waals surface area contributed by atoms with Crippen molar-refractivity contribution < 1.29 is 9.72 Å². The van der Waals surface area contributed by atoms with Crippen molar-refractivity contribution in [1.82, 2.24) is 10.3 Å². The zero-order valence-corrected chi connectivity index (χ0v) is 13.6. The number of benzene rings is 2. The van der Waals surface area contributed by atoms with E-state index < -0.39 is 16.4 Å². The lowest BCUT2D eigenvalue weighted by Gasteiger charge is -2.08. The Morgan fingerprint density at radius 2 is 1.92 bits per heavy atom. The topological polar surface area (TPSA) is 105 Å². The van der Waals surface area contributed by atoms with Crippen LogP contribution in [0.25, 0.3) is 10.9 Å². The number of rotatable bonds is 4. The molecule has 4 rings (SSSR count). The number of hydrogen-bond acceptors (Lipinski definition) is 4. The Bertz CT molecular complexity index is 1080. The van der Waals surface area contributed by atoms with Gasteiger partial charge in [-0.25, -0.2) is 0 Å². The number of fused-ring (bicyclic) bond motifs is 1. The van der Waals surface area contributed by atoms with Crippen molar-refractivity contribution in [3.8, 4) is 0 Å². The second kappa shape index (κ2) is 6.11. The fraction of sp³-hybridized carbons (Fsp3) is 0.158. The van der Waals surface area contributed by atoms with Crippen LogP contribution in [0.2, 0.25) is 0 Å². The average molecular weight is 349 g/mol. The molecular weight excluding hydrogens is 334 g/mol. The second-order valence-corrected chi connectivity index (χ2v) is 6.37. The summed E-state index contributed by atoms with van der Waals surface area (Å²) in [5, 5.41) is 14.3. The number of hydrogen-bond donors (Lipinski definition) is 2. The highest BCUT2D eigenvalue weighted by molar-refractivity contribution is 6.06. The number of aromatic nitrogens is 1. The van der Waals surface area contributed by atoms with Crippen molar-refractivity contribution >= 4 is 22.5 Å². The Balaban J connectivity index is 1.63. The summed E-state index contributed by atoms with van der Waals surface area (Å²) in [5.41, 5.74) is 1.14. The highest BCUT2D eigenvalue weighted by atomic mass is 16.6. The number of nitro groups is 1. The van der Waals surface area contributed by atoms with Gasteiger partial charge in [0.25, 0.3) is 11.6 Å². The van der Waals surface area contributed by atoms with Crippen LogP contribution in [0.3, 0.4) is 0 Å². The Morgan fingerprint density at radius 3 is 2.65 bits per heavy atom. The maximum atomic E-state index is 12.7. The molecule has 7 nitrogen and oxygen atoms in total. The SMILES string of the molecule is O=C(N[C@@H]1C[C@H]1c1ccccc1)c1cc(=O)[nH]c2ccc([N+](=O)[O-])cc12. The van der Waals surface area contributed by atoms with E-state index >= 15 is 0 Å². The first kappa shape index (κ1) is 16.0. The molecule has 0 aliphatic heterocycles. The molecule has 1 amide bonds. The summed E-state index contributed by atoms with van der Waals surface area (Å²) in [4.78, 5) is 37.6. The molecule has 0 spiro atoms. The van der Waals surface area contributed by atoms with Gasteiger partial charge in [-0.3, -0.25) is 19.7 Å². The number of carbonyl (C=O) groups is 1. The Kier molecular flexibility index (Phi) is 3.76. The van der Waals surface area contributed by atoms with E-state index in [1.165, 1.54) is 24.3 Å². The lowest BCUT2D eigenvalue weighted by molar-refractivity contribution is -0.384. The molecule has 0 saturated heterocycles. The van der Waals surface area contributed by atoms with Crippen LogP contribution in [0.5, 0.6) is 0 Å². The molecule has 3 aromatic rings. The molecule has 1 aliphatic carbocycles. The third-order valence-electron chi connectivity index (χ3n) is 4.62. The molecular formula is C19H15N3O4. The van der Waals surface area contributed by atoms with Crippen LogP contribution in [-0.2, 0) is 0 Å². The van der Waals surface area contributed by atoms with Gasteiger partial charge >= 0.3 is 0 Å². The number of nitrogens with one attached hydrogen (secondary N) is 2. The number of pyridine rings is 1. The average Bonchev–Trinajstić information content (AvgIpc) is 3.40. The third kappa shape index (κ3) is 2.95. The zero-order chi connectivity index (χ0) is 18.3. The molecule has 1 aromatic heterocycles. The Morgan fingerprint density at radius 1 is 1.15 bits per heavy atom. The van der Waals surface area contributed by atoms with Gasteiger partial charge in [-0.1, -0.05) is 30.3 Å². The Labute approximate surface area is 147 Å². The van der Waals surface area contributed by atoms with Crippen molar-refractivity contribution in [3.63, 3.8) is 0 Å². The number of carbonyl (C=O) groups excluding carboxylic acids is 1. The Hall–Kier alpha value is -3.48. The maximum absolute atomic E-state index is 12.7. The number of nitro benzene ring substituents is 1. The summed E-state index contributed by atoms with van der Waals surface area (Å²) >= 11 is 0. The first-order valence-corrected chi connectivity index (χ1v) is 8.20. The van der Waals surface area contributed by atoms with Crippen molar-refractivity contribution in [2.45, 2.75) is 18.4 Å². The first-order chi connectivity index (χ1) is 12.5. The molecule has 2 aromatic carbocycles. The van der Waals surface area contributed by atoms with E-state index in [0.29, 0.717) is 10.9 Å². The molecule has 1 heterocycles. The number of non-ortho nitro benzene ring substituents is 1. The van der Waals surface area contributed by atoms with E-state index in [2.05, 4.69) is 10.3 Å². The van der Waals surface area contributed by atoms with Crippen LogP contribution >= 0.6 is 0 Å². The van der Waals surface area contributed by atoms with Gasteiger partial charge in [-0.2, -0.15) is 0 Å². The van der Waals surface area contributed by atoms with Crippen LogP contribution in [0.1, 0.15) is 28.3 Å². The first-order valence-electron chi connectivity index (χ1n) is 8.20. The lowest BCUT2D eigenvalue weighted by Crippen LogP contribution is -2.28. The maximum Gasteiger partial charge on any atom is 0.270 e. The molecule has 2 atom stereocenters. The minimum Gasteiger partial charge on any atom is -0.349 e. The van der Waals surface area contributed by atoms with Gasteiger partial charge in [-0.15, -0.1) is 0 Å². The summed E-state index contributed by atoms with van der Waals surface area (Å²) < 4.78 is 0. The highest BCUT2D eigenvalue weighted by Crippen LogP contribution is 2.40. The van der Waals surface area contributed by atoms with Crippen molar-refractivity contribution in [2.24, 2.45) is 0 Å². The molecule has 0 radical (unpaired) electrons. The number of amides is 1. The van der Waals surface area contributed by atoms with Gasteiger partial charge in [-0.05, 0) is 18.1 Å². The monoisotopic (exact) mass is 349 g/mol. The van der Waals surface area contributed by atoms with Gasteiger partial charge in [0, 0.05) is 41.1 Å². The summed E-state index contributed by atoms with van der Waals surface area (Å²) in [7, 11) is 0. The molecule has 2 N–H and O–H groups in total. The molecule has 26 heavy (non-hydrogen) atoms. The smallest absolute Gasteiger partial charge is 0.270 e. The lowest BCUT2D eigenvalue weighted by atomic mass is 10.1. The van der Waals surface area contributed by atoms with Crippen molar-refractivity contribution in [1.29, 1.82) is 0 Å².